The smallest absolute Gasteiger partial charge is 0.120 e. The first-order valence-electron chi connectivity index (χ1n) is 4.45. The van der Waals surface area contributed by atoms with Gasteiger partial charge in [0.2, 0.25) is 0 Å². The number of hydrogen-bond acceptors (Lipinski definition) is 4. The lowest BCUT2D eigenvalue weighted by Gasteiger charge is -1.98. The second-order valence-corrected chi connectivity index (χ2v) is 4.32. The number of nitrogens with zero attached hydrogens (tertiary/aromatic N) is 2. The van der Waals surface area contributed by atoms with Crippen LogP contribution in [-0.4, -0.2) is 15.0 Å². The van der Waals surface area contributed by atoms with Crippen LogP contribution < -0.4 is 5.32 Å². The van der Waals surface area contributed by atoms with Crippen molar-refractivity contribution < 1.29 is 0 Å². The van der Waals surface area contributed by atoms with Gasteiger partial charge in [0.05, 0.1) is 6.54 Å². The number of imidazole rings is 1. The first-order chi connectivity index (χ1) is 6.84. The largest absolute Gasteiger partial charge is 0.348 e. The minimum Gasteiger partial charge on any atom is -0.348 e. The van der Waals surface area contributed by atoms with E-state index in [4.69, 9.17) is 0 Å². The van der Waals surface area contributed by atoms with Crippen LogP contribution in [0.1, 0.15) is 15.7 Å². The van der Waals surface area contributed by atoms with Crippen LogP contribution in [0.25, 0.3) is 0 Å². The van der Waals surface area contributed by atoms with Crippen LogP contribution in [0.5, 0.6) is 0 Å². The highest BCUT2D eigenvalue weighted by Gasteiger charge is 1.98. The standard InChI is InChI=1S/C9H12N4S/c1-7-4-13-9(14-7)6-10-5-8-11-2-3-12-8/h2-4,10H,5-6H2,1H3,(H,11,12). The summed E-state index contributed by atoms with van der Waals surface area (Å²) in [5, 5.41) is 4.39. The van der Waals surface area contributed by atoms with Gasteiger partial charge in [0.15, 0.2) is 0 Å². The molecule has 0 radical (unpaired) electrons. The zero-order chi connectivity index (χ0) is 9.80. The molecule has 0 aliphatic carbocycles. The van der Waals surface area contributed by atoms with E-state index in [0.29, 0.717) is 0 Å². The number of aromatic nitrogens is 3. The highest BCUT2D eigenvalue weighted by Crippen LogP contribution is 2.10. The average molecular weight is 208 g/mol. The minimum absolute atomic E-state index is 0.756. The summed E-state index contributed by atoms with van der Waals surface area (Å²) in [4.78, 5) is 12.7. The Hall–Kier alpha value is -1.20. The Morgan fingerprint density at radius 2 is 2.36 bits per heavy atom. The molecule has 0 aliphatic heterocycles. The Morgan fingerprint density at radius 3 is 3.00 bits per heavy atom. The topological polar surface area (TPSA) is 53.6 Å². The number of thiazole rings is 1. The fourth-order valence-electron chi connectivity index (χ4n) is 1.17. The van der Waals surface area contributed by atoms with Gasteiger partial charge in [0, 0.05) is 30.0 Å². The predicted octanol–water partition coefficient (Wildman–Crippen LogP) is 1.46. The van der Waals surface area contributed by atoms with E-state index in [0.717, 1.165) is 23.9 Å². The van der Waals surface area contributed by atoms with Gasteiger partial charge in [-0.25, -0.2) is 9.97 Å². The summed E-state index contributed by atoms with van der Waals surface area (Å²) in [5.41, 5.74) is 0. The first kappa shape index (κ1) is 9.36. The number of nitrogens with one attached hydrogen (secondary N) is 2. The third-order valence-corrected chi connectivity index (χ3v) is 2.71. The lowest BCUT2D eigenvalue weighted by Crippen LogP contribution is -2.13. The van der Waals surface area contributed by atoms with Crippen molar-refractivity contribution in [2.75, 3.05) is 0 Å². The molecule has 5 heteroatoms. The molecule has 0 unspecified atom stereocenters. The van der Waals surface area contributed by atoms with Crippen molar-refractivity contribution in [3.8, 4) is 0 Å². The second-order valence-electron chi connectivity index (χ2n) is 3.00. The molecule has 0 bridgehead atoms. The van der Waals surface area contributed by atoms with Gasteiger partial charge in [0.25, 0.3) is 0 Å². The molecule has 14 heavy (non-hydrogen) atoms. The molecule has 0 saturated heterocycles. The molecule has 2 aromatic heterocycles. The van der Waals surface area contributed by atoms with E-state index in [2.05, 4.69) is 27.2 Å². The third-order valence-electron chi connectivity index (χ3n) is 1.79. The molecule has 0 amide bonds. The van der Waals surface area contributed by atoms with Crippen molar-refractivity contribution in [3.05, 3.63) is 34.3 Å². The molecular weight excluding hydrogens is 196 g/mol. The van der Waals surface area contributed by atoms with Crippen LogP contribution in [0.4, 0.5) is 0 Å². The van der Waals surface area contributed by atoms with Gasteiger partial charge in [0.1, 0.15) is 10.8 Å². The summed E-state index contributed by atoms with van der Waals surface area (Å²) < 4.78 is 0. The van der Waals surface area contributed by atoms with Crippen LogP contribution >= 0.6 is 11.3 Å². The van der Waals surface area contributed by atoms with Crippen molar-refractivity contribution in [1.82, 2.24) is 20.3 Å². The molecule has 2 heterocycles. The van der Waals surface area contributed by atoms with E-state index in [9.17, 15) is 0 Å². The van der Waals surface area contributed by atoms with Crippen molar-refractivity contribution in [2.45, 2.75) is 20.0 Å². The number of rotatable bonds is 4. The minimum atomic E-state index is 0.756. The van der Waals surface area contributed by atoms with Gasteiger partial charge in [-0.05, 0) is 6.92 Å². The van der Waals surface area contributed by atoms with E-state index in [1.807, 2.05) is 12.4 Å². The van der Waals surface area contributed by atoms with Crippen LogP contribution in [0.2, 0.25) is 0 Å². The Bertz CT molecular complexity index is 379. The Kier molecular flexibility index (Phi) is 2.90. The van der Waals surface area contributed by atoms with Gasteiger partial charge < -0.3 is 10.3 Å². The summed E-state index contributed by atoms with van der Waals surface area (Å²) in [6.07, 6.45) is 5.48. The van der Waals surface area contributed by atoms with E-state index in [1.54, 1.807) is 17.5 Å². The quantitative estimate of drug-likeness (QED) is 0.800. The molecule has 0 saturated carbocycles. The molecule has 0 spiro atoms. The van der Waals surface area contributed by atoms with Gasteiger partial charge in [-0.3, -0.25) is 0 Å². The molecule has 2 N–H and O–H groups in total. The van der Waals surface area contributed by atoms with E-state index in [1.165, 1.54) is 4.88 Å². The summed E-state index contributed by atoms with van der Waals surface area (Å²) in [7, 11) is 0. The van der Waals surface area contributed by atoms with Gasteiger partial charge in [-0.1, -0.05) is 0 Å². The molecule has 2 rings (SSSR count). The fourth-order valence-corrected chi connectivity index (χ4v) is 1.92. The normalized spacial score (nSPS) is 10.6. The van der Waals surface area contributed by atoms with Crippen LogP contribution in [0.15, 0.2) is 18.6 Å². The Morgan fingerprint density at radius 1 is 1.43 bits per heavy atom. The van der Waals surface area contributed by atoms with E-state index in [-0.39, 0.29) is 0 Å². The van der Waals surface area contributed by atoms with Crippen molar-refractivity contribution in [2.24, 2.45) is 0 Å². The summed E-state index contributed by atoms with van der Waals surface area (Å²) in [6, 6.07) is 0. The average Bonchev–Trinajstić information content (AvgIpc) is 2.77. The molecule has 0 atom stereocenters. The zero-order valence-electron chi connectivity index (χ0n) is 7.95. The summed E-state index contributed by atoms with van der Waals surface area (Å²) in [6.45, 7) is 3.62. The summed E-state index contributed by atoms with van der Waals surface area (Å²) >= 11 is 1.72. The lowest BCUT2D eigenvalue weighted by molar-refractivity contribution is 0.666. The fraction of sp³-hybridized carbons (Fsp3) is 0.333. The summed E-state index contributed by atoms with van der Waals surface area (Å²) in [5.74, 6) is 0.957. The number of aryl methyl sites for hydroxylation is 1. The van der Waals surface area contributed by atoms with Crippen LogP contribution in [0, 0.1) is 6.92 Å². The SMILES string of the molecule is Cc1cnc(CNCc2ncc[nH]2)s1. The first-order valence-corrected chi connectivity index (χ1v) is 5.26. The monoisotopic (exact) mass is 208 g/mol. The highest BCUT2D eigenvalue weighted by molar-refractivity contribution is 7.11. The molecular formula is C9H12N4S. The highest BCUT2D eigenvalue weighted by atomic mass is 32.1. The molecule has 0 fully saturated rings. The number of H-pyrrole nitrogens is 1. The second kappa shape index (κ2) is 4.34. The maximum atomic E-state index is 4.26. The molecule has 2 aromatic rings. The van der Waals surface area contributed by atoms with Crippen molar-refractivity contribution >= 4 is 11.3 Å². The van der Waals surface area contributed by atoms with Crippen molar-refractivity contribution in [1.29, 1.82) is 0 Å². The zero-order valence-corrected chi connectivity index (χ0v) is 8.77. The number of aromatic amines is 1. The maximum Gasteiger partial charge on any atom is 0.120 e. The van der Waals surface area contributed by atoms with Crippen LogP contribution in [-0.2, 0) is 13.1 Å². The number of hydrogen-bond donors (Lipinski definition) is 2. The van der Waals surface area contributed by atoms with E-state index < -0.39 is 0 Å². The lowest BCUT2D eigenvalue weighted by atomic mass is 10.5. The van der Waals surface area contributed by atoms with E-state index >= 15 is 0 Å². The maximum absolute atomic E-state index is 4.26. The van der Waals surface area contributed by atoms with Gasteiger partial charge in [-0.15, -0.1) is 11.3 Å². The van der Waals surface area contributed by atoms with Gasteiger partial charge in [-0.2, -0.15) is 0 Å². The predicted molar refractivity (Wildman–Crippen MR) is 56.0 cm³/mol. The Labute approximate surface area is 86.4 Å². The van der Waals surface area contributed by atoms with Crippen molar-refractivity contribution in [3.63, 3.8) is 0 Å². The van der Waals surface area contributed by atoms with Gasteiger partial charge >= 0.3 is 0 Å². The molecule has 0 aliphatic rings. The Balaban J connectivity index is 1.78. The van der Waals surface area contributed by atoms with Crippen LogP contribution in [0.3, 0.4) is 0 Å². The third kappa shape index (κ3) is 2.40. The molecule has 4 nitrogen and oxygen atoms in total. The molecule has 0 aromatic carbocycles. The molecule has 74 valence electrons.